The van der Waals surface area contributed by atoms with Crippen molar-refractivity contribution in [2.24, 2.45) is 0 Å². The van der Waals surface area contributed by atoms with Crippen LogP contribution >= 0.6 is 0 Å². The van der Waals surface area contributed by atoms with Crippen LogP contribution in [0.2, 0.25) is 0 Å². The van der Waals surface area contributed by atoms with Gasteiger partial charge in [0.05, 0.1) is 22.4 Å². The Morgan fingerprint density at radius 2 is 1.74 bits per heavy atom. The van der Waals surface area contributed by atoms with Gasteiger partial charge in [0, 0.05) is 23.2 Å². The van der Waals surface area contributed by atoms with E-state index in [1.807, 2.05) is 0 Å². The lowest BCUT2D eigenvalue weighted by Gasteiger charge is -2.25. The number of hydrogen-bond acceptors (Lipinski definition) is 5. The molecule has 2 aliphatic carbocycles. The van der Waals surface area contributed by atoms with Crippen LogP contribution in [-0.4, -0.2) is 27.4 Å². The molecule has 23 heavy (non-hydrogen) atoms. The molecule has 0 saturated heterocycles. The van der Waals surface area contributed by atoms with E-state index < -0.39 is 5.78 Å². The van der Waals surface area contributed by atoms with Gasteiger partial charge >= 0.3 is 0 Å². The van der Waals surface area contributed by atoms with Crippen molar-refractivity contribution in [1.82, 2.24) is 4.98 Å². The average Bonchev–Trinajstić information content (AvgIpc) is 2.51. The molecule has 5 nitrogen and oxygen atoms in total. The number of fused-ring (bicyclic) bond motifs is 4. The van der Waals surface area contributed by atoms with Crippen molar-refractivity contribution >= 4 is 17.3 Å². The van der Waals surface area contributed by atoms with E-state index in [0.717, 1.165) is 0 Å². The highest BCUT2D eigenvalue weighted by Gasteiger charge is 2.38. The molecule has 0 radical (unpaired) electrons. The third kappa shape index (κ3) is 1.73. The fraction of sp³-hybridized carbons (Fsp3) is 0.222. The standard InChI is InChI=1S/C18H13NO4/c1-8-13-16(15-10(19-8)5-3-7-12(15)21)17(22)9-4-2-6-11(20)14(9)18(13)23/h2,4,6,20H,3,5,7H2,1H3. The number of ketones is 3. The summed E-state index contributed by atoms with van der Waals surface area (Å²) in [5.74, 6) is -1.20. The van der Waals surface area contributed by atoms with Crippen molar-refractivity contribution in [3.8, 4) is 5.75 Å². The normalized spacial score (nSPS) is 16.0. The number of aromatic hydroxyl groups is 1. The zero-order valence-corrected chi connectivity index (χ0v) is 12.5. The molecule has 0 atom stereocenters. The van der Waals surface area contributed by atoms with E-state index in [0.29, 0.717) is 36.2 Å². The van der Waals surface area contributed by atoms with Gasteiger partial charge in [0.25, 0.3) is 0 Å². The Labute approximate surface area is 132 Å². The number of carbonyl (C=O) groups is 3. The molecule has 1 heterocycles. The molecule has 2 aromatic rings. The van der Waals surface area contributed by atoms with E-state index in [4.69, 9.17) is 0 Å². The second-order valence-corrected chi connectivity index (χ2v) is 5.90. The zero-order valence-electron chi connectivity index (χ0n) is 12.5. The fourth-order valence-electron chi connectivity index (χ4n) is 3.52. The Morgan fingerprint density at radius 3 is 2.52 bits per heavy atom. The van der Waals surface area contributed by atoms with E-state index in [1.54, 1.807) is 6.92 Å². The van der Waals surface area contributed by atoms with Crippen molar-refractivity contribution in [3.63, 3.8) is 0 Å². The molecule has 0 bridgehead atoms. The molecule has 5 heteroatoms. The second-order valence-electron chi connectivity index (χ2n) is 5.90. The number of phenols is 1. The summed E-state index contributed by atoms with van der Waals surface area (Å²) in [6.07, 6.45) is 1.69. The number of hydrogen-bond donors (Lipinski definition) is 1. The molecule has 0 aliphatic heterocycles. The van der Waals surface area contributed by atoms with E-state index >= 15 is 0 Å². The fourth-order valence-corrected chi connectivity index (χ4v) is 3.52. The Hall–Kier alpha value is -2.82. The topological polar surface area (TPSA) is 84.3 Å². The number of phenolic OH excluding ortho intramolecular Hbond substituents is 1. The largest absolute Gasteiger partial charge is 0.507 e. The second kappa shape index (κ2) is 4.59. The molecule has 1 aromatic heterocycles. The van der Waals surface area contributed by atoms with Gasteiger partial charge in [-0.1, -0.05) is 12.1 Å². The Bertz CT molecular complexity index is 927. The van der Waals surface area contributed by atoms with Crippen LogP contribution in [0, 0.1) is 6.92 Å². The summed E-state index contributed by atoms with van der Waals surface area (Å²) in [5, 5.41) is 9.99. The van der Waals surface area contributed by atoms with Crippen molar-refractivity contribution < 1.29 is 19.5 Å². The predicted octanol–water partition coefficient (Wildman–Crippen LogP) is 2.39. The zero-order chi connectivity index (χ0) is 16.3. The summed E-state index contributed by atoms with van der Waals surface area (Å²) in [7, 11) is 0. The van der Waals surface area contributed by atoms with Crippen molar-refractivity contribution in [3.05, 3.63) is 57.4 Å². The van der Waals surface area contributed by atoms with E-state index in [-0.39, 0.29) is 39.6 Å². The number of Topliss-reactive ketones (excluding diaryl/α,β-unsaturated/α-hetero) is 1. The van der Waals surface area contributed by atoms with Crippen LogP contribution in [0.4, 0.5) is 0 Å². The highest BCUT2D eigenvalue weighted by molar-refractivity contribution is 6.32. The number of aromatic nitrogens is 1. The minimum absolute atomic E-state index is 0.00175. The summed E-state index contributed by atoms with van der Waals surface area (Å²) < 4.78 is 0. The molecule has 2 aliphatic rings. The molecule has 1 aromatic carbocycles. The smallest absolute Gasteiger partial charge is 0.200 e. The van der Waals surface area contributed by atoms with Gasteiger partial charge in [-0.15, -0.1) is 0 Å². The number of rotatable bonds is 0. The quantitative estimate of drug-likeness (QED) is 0.689. The number of benzene rings is 1. The lowest BCUT2D eigenvalue weighted by molar-refractivity contribution is 0.0947. The Kier molecular flexibility index (Phi) is 2.75. The molecule has 0 fully saturated rings. The summed E-state index contributed by atoms with van der Waals surface area (Å²) in [6, 6.07) is 4.40. The lowest BCUT2D eigenvalue weighted by Crippen LogP contribution is -2.28. The third-order valence-corrected chi connectivity index (χ3v) is 4.52. The minimum atomic E-state index is -0.445. The SMILES string of the molecule is Cc1nc2c(c3c1C(=O)c1c(O)cccc1C3=O)C(=O)CCC2. The van der Waals surface area contributed by atoms with Crippen LogP contribution < -0.4 is 0 Å². The summed E-state index contributed by atoms with van der Waals surface area (Å²) in [6.45, 7) is 1.66. The van der Waals surface area contributed by atoms with Gasteiger partial charge in [-0.25, -0.2) is 0 Å². The summed E-state index contributed by atoms with van der Waals surface area (Å²) in [5.41, 5.74) is 1.79. The van der Waals surface area contributed by atoms with Crippen molar-refractivity contribution in [2.45, 2.75) is 26.2 Å². The molecule has 1 N–H and O–H groups in total. The maximum atomic E-state index is 12.9. The minimum Gasteiger partial charge on any atom is -0.507 e. The van der Waals surface area contributed by atoms with Crippen molar-refractivity contribution in [1.29, 1.82) is 0 Å². The molecule has 0 spiro atoms. The number of carbonyl (C=O) groups excluding carboxylic acids is 3. The van der Waals surface area contributed by atoms with Gasteiger partial charge in [0.1, 0.15) is 5.75 Å². The van der Waals surface area contributed by atoms with E-state index in [1.165, 1.54) is 18.2 Å². The molecular formula is C18H13NO4. The first-order chi connectivity index (χ1) is 11.0. The average molecular weight is 307 g/mol. The van der Waals surface area contributed by atoms with Crippen molar-refractivity contribution in [2.75, 3.05) is 0 Å². The van der Waals surface area contributed by atoms with Gasteiger partial charge in [-0.3, -0.25) is 19.4 Å². The number of nitrogens with zero attached hydrogens (tertiary/aromatic N) is 1. The van der Waals surface area contributed by atoms with Crippen LogP contribution in [0.15, 0.2) is 18.2 Å². The maximum absolute atomic E-state index is 12.9. The summed E-state index contributed by atoms with van der Waals surface area (Å²) in [4.78, 5) is 42.5. The molecule has 4 rings (SSSR count). The Morgan fingerprint density at radius 1 is 0.957 bits per heavy atom. The van der Waals surface area contributed by atoms with Gasteiger partial charge in [-0.05, 0) is 25.8 Å². The van der Waals surface area contributed by atoms with Gasteiger partial charge < -0.3 is 5.11 Å². The molecule has 0 saturated carbocycles. The Balaban J connectivity index is 2.11. The first-order valence-corrected chi connectivity index (χ1v) is 7.48. The van der Waals surface area contributed by atoms with Gasteiger partial charge in [0.2, 0.25) is 0 Å². The molecular weight excluding hydrogens is 294 g/mol. The van der Waals surface area contributed by atoms with E-state index in [9.17, 15) is 19.5 Å². The predicted molar refractivity (Wildman–Crippen MR) is 81.2 cm³/mol. The molecule has 0 amide bonds. The highest BCUT2D eigenvalue weighted by Crippen LogP contribution is 2.37. The van der Waals surface area contributed by atoms with Crippen LogP contribution in [0.5, 0.6) is 5.75 Å². The van der Waals surface area contributed by atoms with Crippen LogP contribution in [0.1, 0.15) is 66.4 Å². The van der Waals surface area contributed by atoms with Crippen LogP contribution in [-0.2, 0) is 6.42 Å². The number of pyridine rings is 1. The van der Waals surface area contributed by atoms with Gasteiger partial charge in [-0.2, -0.15) is 0 Å². The monoisotopic (exact) mass is 307 g/mol. The lowest BCUT2D eigenvalue weighted by atomic mass is 9.77. The van der Waals surface area contributed by atoms with Crippen LogP contribution in [0.3, 0.4) is 0 Å². The third-order valence-electron chi connectivity index (χ3n) is 4.52. The maximum Gasteiger partial charge on any atom is 0.200 e. The first-order valence-electron chi connectivity index (χ1n) is 7.48. The van der Waals surface area contributed by atoms with Gasteiger partial charge in [0.15, 0.2) is 17.3 Å². The number of aryl methyl sites for hydroxylation is 2. The first kappa shape index (κ1) is 13.8. The van der Waals surface area contributed by atoms with Crippen LogP contribution in [0.25, 0.3) is 0 Å². The molecule has 0 unspecified atom stereocenters. The summed E-state index contributed by atoms with van der Waals surface area (Å²) >= 11 is 0. The van der Waals surface area contributed by atoms with E-state index in [2.05, 4.69) is 4.98 Å². The molecule has 114 valence electrons. The highest BCUT2D eigenvalue weighted by atomic mass is 16.3.